The molecule has 96 valence electrons. The molecule has 4 nitrogen and oxygen atoms in total. The third-order valence-electron chi connectivity index (χ3n) is 2.53. The van der Waals surface area contributed by atoms with E-state index in [9.17, 15) is 0 Å². The number of aryl methyl sites for hydroxylation is 1. The summed E-state index contributed by atoms with van der Waals surface area (Å²) < 4.78 is 3.82. The topological polar surface area (TPSA) is 42.7 Å². The molecule has 0 aliphatic carbocycles. The van der Waals surface area contributed by atoms with Crippen molar-refractivity contribution in [1.29, 1.82) is 0 Å². The molecule has 0 fully saturated rings. The standard InChI is InChI=1S/C12H14Br2N4/c1-18-8-9(5-17-18)2-3-15-7-12-11(14)4-10(13)6-16-12/h4-6,8,15H,2-3,7H2,1H3. The molecular formula is C12H14Br2N4. The van der Waals surface area contributed by atoms with Crippen LogP contribution in [0.4, 0.5) is 0 Å². The molecule has 0 amide bonds. The Morgan fingerprint density at radius 1 is 1.33 bits per heavy atom. The molecule has 0 aliphatic heterocycles. The van der Waals surface area contributed by atoms with Crippen molar-refractivity contribution in [2.45, 2.75) is 13.0 Å². The van der Waals surface area contributed by atoms with Gasteiger partial charge in [-0.2, -0.15) is 5.10 Å². The summed E-state index contributed by atoms with van der Waals surface area (Å²) in [6.45, 7) is 1.67. The van der Waals surface area contributed by atoms with Crippen LogP contribution in [0, 0.1) is 0 Å². The molecule has 2 rings (SSSR count). The van der Waals surface area contributed by atoms with Gasteiger partial charge in [0.2, 0.25) is 0 Å². The lowest BCUT2D eigenvalue weighted by atomic mass is 10.2. The van der Waals surface area contributed by atoms with Gasteiger partial charge in [-0.1, -0.05) is 0 Å². The number of halogens is 2. The molecule has 2 heterocycles. The third-order valence-corrected chi connectivity index (χ3v) is 3.65. The van der Waals surface area contributed by atoms with Gasteiger partial charge < -0.3 is 5.32 Å². The van der Waals surface area contributed by atoms with Crippen molar-refractivity contribution >= 4 is 31.9 Å². The highest BCUT2D eigenvalue weighted by molar-refractivity contribution is 9.11. The minimum absolute atomic E-state index is 0.758. The smallest absolute Gasteiger partial charge is 0.0684 e. The fourth-order valence-corrected chi connectivity index (χ4v) is 2.74. The van der Waals surface area contributed by atoms with Crippen LogP contribution in [0.5, 0.6) is 0 Å². The molecule has 0 saturated carbocycles. The predicted octanol–water partition coefficient (Wildman–Crippen LogP) is 2.67. The van der Waals surface area contributed by atoms with Crippen LogP contribution in [0.1, 0.15) is 11.3 Å². The Balaban J connectivity index is 1.78. The van der Waals surface area contributed by atoms with Crippen LogP contribution in [-0.2, 0) is 20.0 Å². The second-order valence-corrected chi connectivity index (χ2v) is 5.80. The number of hydrogen-bond donors (Lipinski definition) is 1. The van der Waals surface area contributed by atoms with E-state index in [1.165, 1.54) is 5.56 Å². The maximum absolute atomic E-state index is 4.35. The normalized spacial score (nSPS) is 10.8. The fraction of sp³-hybridized carbons (Fsp3) is 0.333. The van der Waals surface area contributed by atoms with Crippen LogP contribution < -0.4 is 5.32 Å². The van der Waals surface area contributed by atoms with Crippen LogP contribution in [0.15, 0.2) is 33.6 Å². The first-order valence-corrected chi connectivity index (χ1v) is 7.22. The molecule has 6 heteroatoms. The number of pyridine rings is 1. The highest BCUT2D eigenvalue weighted by Crippen LogP contribution is 2.19. The zero-order valence-corrected chi connectivity index (χ0v) is 13.2. The average Bonchev–Trinajstić information content (AvgIpc) is 2.73. The van der Waals surface area contributed by atoms with Crippen LogP contribution in [0.2, 0.25) is 0 Å². The molecule has 0 spiro atoms. The predicted molar refractivity (Wildman–Crippen MR) is 78.3 cm³/mol. The van der Waals surface area contributed by atoms with Gasteiger partial charge in [0.15, 0.2) is 0 Å². The van der Waals surface area contributed by atoms with Gasteiger partial charge in [0, 0.05) is 34.9 Å². The molecule has 0 radical (unpaired) electrons. The monoisotopic (exact) mass is 372 g/mol. The van der Waals surface area contributed by atoms with Gasteiger partial charge in [-0.05, 0) is 56.5 Å². The van der Waals surface area contributed by atoms with E-state index in [0.29, 0.717) is 0 Å². The Hall–Kier alpha value is -0.720. The van der Waals surface area contributed by atoms with Gasteiger partial charge in [-0.25, -0.2) is 0 Å². The van der Waals surface area contributed by atoms with Gasteiger partial charge in [0.25, 0.3) is 0 Å². The van der Waals surface area contributed by atoms with Crippen molar-refractivity contribution in [1.82, 2.24) is 20.1 Å². The van der Waals surface area contributed by atoms with Gasteiger partial charge in [-0.15, -0.1) is 0 Å². The summed E-state index contributed by atoms with van der Waals surface area (Å²) in [7, 11) is 1.93. The van der Waals surface area contributed by atoms with E-state index in [1.54, 1.807) is 0 Å². The molecule has 2 aromatic heterocycles. The molecule has 0 unspecified atom stereocenters. The van der Waals surface area contributed by atoms with Gasteiger partial charge in [0.1, 0.15) is 0 Å². The molecule has 0 saturated heterocycles. The van der Waals surface area contributed by atoms with Crippen LogP contribution in [0.3, 0.4) is 0 Å². The number of hydrogen-bond acceptors (Lipinski definition) is 3. The fourth-order valence-electron chi connectivity index (χ4n) is 1.61. The van der Waals surface area contributed by atoms with Crippen LogP contribution in [0.25, 0.3) is 0 Å². The molecule has 0 bridgehead atoms. The second kappa shape index (κ2) is 6.45. The quantitative estimate of drug-likeness (QED) is 0.819. The van der Waals surface area contributed by atoms with Crippen molar-refractivity contribution < 1.29 is 0 Å². The van der Waals surface area contributed by atoms with E-state index in [0.717, 1.165) is 34.1 Å². The first kappa shape index (κ1) is 13.7. The zero-order valence-electron chi connectivity index (χ0n) is 10.0. The van der Waals surface area contributed by atoms with E-state index in [1.807, 2.05) is 36.4 Å². The number of rotatable bonds is 5. The maximum atomic E-state index is 4.35. The zero-order chi connectivity index (χ0) is 13.0. The maximum Gasteiger partial charge on any atom is 0.0684 e. The van der Waals surface area contributed by atoms with E-state index < -0.39 is 0 Å². The summed E-state index contributed by atoms with van der Waals surface area (Å²) in [6.07, 6.45) is 6.72. The Morgan fingerprint density at radius 2 is 2.17 bits per heavy atom. The van der Waals surface area contributed by atoms with Crippen molar-refractivity contribution in [3.8, 4) is 0 Å². The first-order valence-electron chi connectivity index (χ1n) is 5.63. The van der Waals surface area contributed by atoms with Crippen LogP contribution >= 0.6 is 31.9 Å². The largest absolute Gasteiger partial charge is 0.311 e. The highest BCUT2D eigenvalue weighted by Gasteiger charge is 2.02. The summed E-state index contributed by atoms with van der Waals surface area (Å²) in [4.78, 5) is 4.35. The van der Waals surface area contributed by atoms with Crippen molar-refractivity contribution in [2.24, 2.45) is 7.05 Å². The first-order chi connectivity index (χ1) is 8.65. The Kier molecular flexibility index (Phi) is 4.91. The lowest BCUT2D eigenvalue weighted by Gasteiger charge is -2.05. The molecule has 2 aromatic rings. The summed E-state index contributed by atoms with van der Waals surface area (Å²) in [6, 6.07) is 2.01. The molecular weight excluding hydrogens is 360 g/mol. The van der Waals surface area contributed by atoms with Crippen LogP contribution in [-0.4, -0.2) is 21.3 Å². The lowest BCUT2D eigenvalue weighted by Crippen LogP contribution is -2.17. The van der Waals surface area contributed by atoms with E-state index in [2.05, 4.69) is 47.3 Å². The Morgan fingerprint density at radius 3 is 2.83 bits per heavy atom. The van der Waals surface area contributed by atoms with Gasteiger partial charge in [-0.3, -0.25) is 9.67 Å². The van der Waals surface area contributed by atoms with E-state index in [4.69, 9.17) is 0 Å². The third kappa shape index (κ3) is 3.90. The molecule has 1 N–H and O–H groups in total. The minimum Gasteiger partial charge on any atom is -0.311 e. The molecule has 0 aromatic carbocycles. The van der Waals surface area contributed by atoms with Crippen molar-refractivity contribution in [3.63, 3.8) is 0 Å². The Labute approximate surface area is 123 Å². The molecule has 0 aliphatic rings. The van der Waals surface area contributed by atoms with E-state index >= 15 is 0 Å². The summed E-state index contributed by atoms with van der Waals surface area (Å²) in [5.41, 5.74) is 2.26. The number of aromatic nitrogens is 3. The summed E-state index contributed by atoms with van der Waals surface area (Å²) in [5, 5.41) is 7.52. The van der Waals surface area contributed by atoms with Gasteiger partial charge in [0.05, 0.1) is 11.9 Å². The molecule has 0 atom stereocenters. The van der Waals surface area contributed by atoms with Gasteiger partial charge >= 0.3 is 0 Å². The summed E-state index contributed by atoms with van der Waals surface area (Å²) in [5.74, 6) is 0. The van der Waals surface area contributed by atoms with Crippen molar-refractivity contribution in [3.05, 3.63) is 44.9 Å². The van der Waals surface area contributed by atoms with Crippen molar-refractivity contribution in [2.75, 3.05) is 6.54 Å². The van der Waals surface area contributed by atoms with E-state index in [-0.39, 0.29) is 0 Å². The summed E-state index contributed by atoms with van der Waals surface area (Å²) >= 11 is 6.89. The lowest BCUT2D eigenvalue weighted by molar-refractivity contribution is 0.672. The number of nitrogens with one attached hydrogen (secondary N) is 1. The second-order valence-electron chi connectivity index (χ2n) is 4.03. The number of nitrogens with zero attached hydrogens (tertiary/aromatic N) is 3. The highest BCUT2D eigenvalue weighted by atomic mass is 79.9. The average molecular weight is 374 g/mol. The Bertz CT molecular complexity index is 525. The SMILES string of the molecule is Cn1cc(CCNCc2ncc(Br)cc2Br)cn1. The minimum atomic E-state index is 0.758. The molecule has 18 heavy (non-hydrogen) atoms.